The van der Waals surface area contributed by atoms with Gasteiger partial charge in [0.25, 0.3) is 0 Å². The number of rotatable bonds is 6. The number of benzene rings is 2. The number of ether oxygens (including phenoxy) is 1. The van der Waals surface area contributed by atoms with Crippen molar-refractivity contribution in [3.8, 4) is 5.75 Å². The second kappa shape index (κ2) is 7.58. The van der Waals surface area contributed by atoms with E-state index in [-0.39, 0.29) is 10.9 Å². The highest BCUT2D eigenvalue weighted by Crippen LogP contribution is 2.33. The first kappa shape index (κ1) is 18.0. The summed E-state index contributed by atoms with van der Waals surface area (Å²) in [6.45, 7) is 1.98. The number of nitrogens with one attached hydrogen (secondary N) is 1. The van der Waals surface area contributed by atoms with Crippen molar-refractivity contribution in [2.45, 2.75) is 50.0 Å². The molecule has 0 unspecified atom stereocenters. The molecule has 25 heavy (non-hydrogen) atoms. The van der Waals surface area contributed by atoms with E-state index >= 15 is 0 Å². The van der Waals surface area contributed by atoms with Crippen molar-refractivity contribution in [3.63, 3.8) is 0 Å². The normalized spacial score (nSPS) is 15.4. The summed E-state index contributed by atoms with van der Waals surface area (Å²) in [4.78, 5) is 0.241. The Bertz CT molecular complexity index is 832. The highest BCUT2D eigenvalue weighted by Gasteiger charge is 2.26. The predicted octanol–water partition coefficient (Wildman–Crippen LogP) is 4.00. The molecule has 0 fully saturated rings. The fourth-order valence-corrected chi connectivity index (χ4v) is 4.94. The molecule has 0 bridgehead atoms. The Labute approximate surface area is 150 Å². The number of aryl methyl sites for hydroxylation is 2. The van der Waals surface area contributed by atoms with Crippen LogP contribution in [0.25, 0.3) is 0 Å². The molecular weight excluding hydrogens is 334 g/mol. The molecule has 134 valence electrons. The molecule has 0 spiro atoms. The molecule has 2 aromatic rings. The van der Waals surface area contributed by atoms with Crippen LogP contribution in [0.3, 0.4) is 0 Å². The Kier molecular flexibility index (Phi) is 5.45. The molecule has 2 aromatic carbocycles. The van der Waals surface area contributed by atoms with E-state index in [1.165, 1.54) is 12.7 Å². The second-order valence-electron chi connectivity index (χ2n) is 6.47. The van der Waals surface area contributed by atoms with Crippen LogP contribution in [0.2, 0.25) is 0 Å². The smallest absolute Gasteiger partial charge is 0.244 e. The summed E-state index contributed by atoms with van der Waals surface area (Å²) in [7, 11) is -2.15. The lowest BCUT2D eigenvalue weighted by atomic mass is 9.92. The molecule has 1 aliphatic carbocycles. The number of hydrogen-bond donors (Lipinski definition) is 1. The maximum atomic E-state index is 13.0. The lowest BCUT2D eigenvalue weighted by Gasteiger charge is -2.22. The fourth-order valence-electron chi connectivity index (χ4n) is 3.43. The summed E-state index contributed by atoms with van der Waals surface area (Å²) in [5.41, 5.74) is 3.29. The maximum absolute atomic E-state index is 13.0. The standard InChI is InChI=1S/C20H25NO3S/c1-3-18(15-9-5-4-6-10-15)21-25(22,23)20-14-17-12-8-7-11-16(17)13-19(20)24-2/h4-6,9-10,13-14,18,21H,3,7-8,11-12H2,1-2H3/t18-/m0/s1. The van der Waals surface area contributed by atoms with E-state index in [0.29, 0.717) is 12.2 Å². The van der Waals surface area contributed by atoms with Gasteiger partial charge in [0.1, 0.15) is 10.6 Å². The average molecular weight is 359 g/mol. The molecule has 0 saturated carbocycles. The van der Waals surface area contributed by atoms with Gasteiger partial charge in [-0.2, -0.15) is 0 Å². The first-order valence-corrected chi connectivity index (χ1v) is 10.3. The van der Waals surface area contributed by atoms with Gasteiger partial charge in [0.15, 0.2) is 0 Å². The summed E-state index contributed by atoms with van der Waals surface area (Å²) < 4.78 is 34.3. The van der Waals surface area contributed by atoms with E-state index in [2.05, 4.69) is 4.72 Å². The van der Waals surface area contributed by atoms with Crippen molar-refractivity contribution in [1.82, 2.24) is 4.72 Å². The largest absolute Gasteiger partial charge is 0.495 e. The molecule has 0 amide bonds. The van der Waals surface area contributed by atoms with E-state index in [1.54, 1.807) is 6.07 Å². The summed E-state index contributed by atoms with van der Waals surface area (Å²) in [5, 5.41) is 0. The zero-order valence-corrected chi connectivity index (χ0v) is 15.6. The van der Waals surface area contributed by atoms with Crippen LogP contribution in [0.15, 0.2) is 47.4 Å². The minimum absolute atomic E-state index is 0.241. The van der Waals surface area contributed by atoms with Crippen LogP contribution in [0.4, 0.5) is 0 Å². The van der Waals surface area contributed by atoms with Crippen molar-refractivity contribution in [2.75, 3.05) is 7.11 Å². The number of hydrogen-bond acceptors (Lipinski definition) is 3. The molecule has 1 atom stereocenters. The number of methoxy groups -OCH3 is 1. The Hall–Kier alpha value is -1.85. The minimum Gasteiger partial charge on any atom is -0.495 e. The van der Waals surface area contributed by atoms with E-state index in [0.717, 1.165) is 36.8 Å². The van der Waals surface area contributed by atoms with Crippen molar-refractivity contribution >= 4 is 10.0 Å². The van der Waals surface area contributed by atoms with Gasteiger partial charge >= 0.3 is 0 Å². The summed E-state index contributed by atoms with van der Waals surface area (Å²) in [6.07, 6.45) is 4.84. The number of fused-ring (bicyclic) bond motifs is 1. The van der Waals surface area contributed by atoms with Crippen LogP contribution in [-0.4, -0.2) is 15.5 Å². The molecular formula is C20H25NO3S. The molecule has 0 aromatic heterocycles. The monoisotopic (exact) mass is 359 g/mol. The van der Waals surface area contributed by atoms with Gasteiger partial charge < -0.3 is 4.74 Å². The van der Waals surface area contributed by atoms with E-state index in [4.69, 9.17) is 4.74 Å². The van der Waals surface area contributed by atoms with Gasteiger partial charge in [0, 0.05) is 6.04 Å². The Morgan fingerprint density at radius 1 is 1.08 bits per heavy atom. The molecule has 3 rings (SSSR count). The van der Waals surface area contributed by atoms with Gasteiger partial charge in [0.05, 0.1) is 7.11 Å². The zero-order chi connectivity index (χ0) is 17.9. The van der Waals surface area contributed by atoms with Crippen LogP contribution >= 0.6 is 0 Å². The molecule has 4 nitrogen and oxygen atoms in total. The third-order valence-electron chi connectivity index (χ3n) is 4.83. The third kappa shape index (κ3) is 3.88. The Balaban J connectivity index is 1.96. The Morgan fingerprint density at radius 3 is 2.32 bits per heavy atom. The molecule has 0 heterocycles. The average Bonchev–Trinajstić information content (AvgIpc) is 2.65. The highest BCUT2D eigenvalue weighted by atomic mass is 32.2. The lowest BCUT2D eigenvalue weighted by Crippen LogP contribution is -2.29. The maximum Gasteiger partial charge on any atom is 0.244 e. The molecule has 1 aliphatic rings. The van der Waals surface area contributed by atoms with Crippen molar-refractivity contribution < 1.29 is 13.2 Å². The molecule has 1 N–H and O–H groups in total. The van der Waals surface area contributed by atoms with E-state index in [1.807, 2.05) is 43.3 Å². The quantitative estimate of drug-likeness (QED) is 0.848. The third-order valence-corrected chi connectivity index (χ3v) is 6.32. The topological polar surface area (TPSA) is 55.4 Å². The SMILES string of the molecule is CC[C@H](NS(=O)(=O)c1cc2c(cc1OC)CCCC2)c1ccccc1. The van der Waals surface area contributed by atoms with Crippen molar-refractivity contribution in [1.29, 1.82) is 0 Å². The predicted molar refractivity (Wildman–Crippen MR) is 99.4 cm³/mol. The van der Waals surface area contributed by atoms with E-state index < -0.39 is 10.0 Å². The number of sulfonamides is 1. The van der Waals surface area contributed by atoms with Crippen LogP contribution < -0.4 is 9.46 Å². The summed E-state index contributed by atoms with van der Waals surface area (Å²) >= 11 is 0. The van der Waals surface area contributed by atoms with Crippen LogP contribution in [-0.2, 0) is 22.9 Å². The van der Waals surface area contributed by atoms with Gasteiger partial charge in [-0.05, 0) is 60.9 Å². The van der Waals surface area contributed by atoms with E-state index in [9.17, 15) is 8.42 Å². The fraction of sp³-hybridized carbons (Fsp3) is 0.400. The molecule has 0 aliphatic heterocycles. The van der Waals surface area contributed by atoms with Gasteiger partial charge in [-0.3, -0.25) is 0 Å². The molecule has 5 heteroatoms. The van der Waals surface area contributed by atoms with Gasteiger partial charge in [0.2, 0.25) is 10.0 Å². The Morgan fingerprint density at radius 2 is 1.72 bits per heavy atom. The lowest BCUT2D eigenvalue weighted by molar-refractivity contribution is 0.400. The highest BCUT2D eigenvalue weighted by molar-refractivity contribution is 7.89. The minimum atomic E-state index is -3.67. The van der Waals surface area contributed by atoms with Gasteiger partial charge in [-0.15, -0.1) is 0 Å². The van der Waals surface area contributed by atoms with Gasteiger partial charge in [-0.1, -0.05) is 37.3 Å². The molecule has 0 saturated heterocycles. The van der Waals surface area contributed by atoms with Crippen molar-refractivity contribution in [2.24, 2.45) is 0 Å². The van der Waals surface area contributed by atoms with Crippen LogP contribution in [0.1, 0.15) is 48.9 Å². The summed E-state index contributed by atoms with van der Waals surface area (Å²) in [6, 6.07) is 13.1. The van der Waals surface area contributed by atoms with Crippen molar-refractivity contribution in [3.05, 3.63) is 59.2 Å². The van der Waals surface area contributed by atoms with Crippen LogP contribution in [0, 0.1) is 0 Å². The van der Waals surface area contributed by atoms with Crippen LogP contribution in [0.5, 0.6) is 5.75 Å². The first-order chi connectivity index (χ1) is 12.0. The zero-order valence-electron chi connectivity index (χ0n) is 14.8. The summed E-state index contributed by atoms with van der Waals surface area (Å²) in [5.74, 6) is 0.427. The van der Waals surface area contributed by atoms with Gasteiger partial charge in [-0.25, -0.2) is 13.1 Å². The second-order valence-corrected chi connectivity index (χ2v) is 8.15. The first-order valence-electron chi connectivity index (χ1n) is 8.82. The molecule has 0 radical (unpaired) electrons.